The lowest BCUT2D eigenvalue weighted by Gasteiger charge is -2.54. The Morgan fingerprint density at radius 2 is 1.97 bits per heavy atom. The van der Waals surface area contributed by atoms with E-state index in [1.807, 2.05) is 64.0 Å². The number of aliphatic hydroxyl groups is 1. The van der Waals surface area contributed by atoms with Gasteiger partial charge in [0.2, 0.25) is 0 Å². The predicted octanol–water partition coefficient (Wildman–Crippen LogP) is 4.73. The highest BCUT2D eigenvalue weighted by molar-refractivity contribution is 6.18. The Bertz CT molecular complexity index is 925. The lowest BCUT2D eigenvalue weighted by atomic mass is 9.63. The Balaban J connectivity index is 1.93. The van der Waals surface area contributed by atoms with Crippen molar-refractivity contribution in [2.24, 2.45) is 0 Å². The van der Waals surface area contributed by atoms with Gasteiger partial charge in [-0.1, -0.05) is 23.8 Å². The number of epoxide rings is 1. The molecule has 0 radical (unpaired) electrons. The number of hydrogen-bond acceptors (Lipinski definition) is 6. The van der Waals surface area contributed by atoms with E-state index in [2.05, 4.69) is 6.08 Å². The molecule has 5 unspecified atom stereocenters. The van der Waals surface area contributed by atoms with Gasteiger partial charge in [0.1, 0.15) is 17.3 Å². The van der Waals surface area contributed by atoms with Crippen LogP contribution in [0.2, 0.25) is 0 Å². The van der Waals surface area contributed by atoms with Crippen LogP contribution in [0.15, 0.2) is 42.0 Å². The van der Waals surface area contributed by atoms with Gasteiger partial charge in [-0.05, 0) is 70.2 Å². The number of alkyl halides is 1. The van der Waals surface area contributed by atoms with Gasteiger partial charge >= 0.3 is 5.97 Å². The molecule has 1 N–H and O–H groups in total. The summed E-state index contributed by atoms with van der Waals surface area (Å²) in [7, 11) is 5.52. The standard InChI is InChI=1S/C27H38ClNO5/c1-19(2)9-15-22-25(3,33-22)27(23(32-6)8-7-17-26(27,31)18-28)34-24(30)16-12-20-10-13-21(14-11-20)29(4)5/h9-14,16,22-23,31H,7-8,15,17-18H2,1-6H3. The summed E-state index contributed by atoms with van der Waals surface area (Å²) in [6.45, 7) is 5.94. The fourth-order valence-electron chi connectivity index (χ4n) is 5.21. The monoisotopic (exact) mass is 491 g/mol. The normalized spacial score (nSPS) is 32.9. The Hall–Kier alpha value is -1.86. The number of anilines is 1. The molecular formula is C27H38ClNO5. The molecule has 5 atom stereocenters. The molecule has 1 saturated carbocycles. The van der Waals surface area contributed by atoms with E-state index in [9.17, 15) is 9.90 Å². The SMILES string of the molecule is COC1CCCC(O)(CCl)C1(OC(=O)C=Cc1ccc(N(C)C)cc1)C1(C)OC1CC=C(C)C. The van der Waals surface area contributed by atoms with E-state index >= 15 is 0 Å². The van der Waals surface area contributed by atoms with Crippen LogP contribution in [0.4, 0.5) is 5.69 Å². The van der Waals surface area contributed by atoms with Crippen molar-refractivity contribution < 1.29 is 24.1 Å². The van der Waals surface area contributed by atoms with E-state index in [0.717, 1.165) is 11.3 Å². The predicted molar refractivity (Wildman–Crippen MR) is 136 cm³/mol. The molecule has 1 aliphatic carbocycles. The Morgan fingerprint density at radius 3 is 2.53 bits per heavy atom. The van der Waals surface area contributed by atoms with Crippen LogP contribution in [0.25, 0.3) is 6.08 Å². The lowest BCUT2D eigenvalue weighted by Crippen LogP contribution is -2.73. The molecule has 0 amide bonds. The summed E-state index contributed by atoms with van der Waals surface area (Å²) >= 11 is 6.35. The second kappa shape index (κ2) is 10.4. The van der Waals surface area contributed by atoms with Gasteiger partial charge in [-0.15, -0.1) is 11.6 Å². The topological polar surface area (TPSA) is 71.5 Å². The van der Waals surface area contributed by atoms with Crippen LogP contribution in [0, 0.1) is 0 Å². The number of esters is 1. The van der Waals surface area contributed by atoms with E-state index in [0.29, 0.717) is 25.7 Å². The minimum atomic E-state index is -1.49. The number of rotatable bonds is 9. The smallest absolute Gasteiger partial charge is 0.331 e. The maximum atomic E-state index is 13.2. The van der Waals surface area contributed by atoms with Gasteiger partial charge in [-0.25, -0.2) is 4.79 Å². The lowest BCUT2D eigenvalue weighted by molar-refractivity contribution is -0.260. The number of hydrogen-bond donors (Lipinski definition) is 1. The van der Waals surface area contributed by atoms with Crippen LogP contribution >= 0.6 is 11.6 Å². The first kappa shape index (κ1) is 26.7. The average molecular weight is 492 g/mol. The molecule has 1 saturated heterocycles. The number of carbonyl (C=O) groups excluding carboxylic acids is 1. The van der Waals surface area contributed by atoms with Crippen LogP contribution < -0.4 is 4.90 Å². The van der Waals surface area contributed by atoms with Crippen molar-refractivity contribution in [3.8, 4) is 0 Å². The van der Waals surface area contributed by atoms with E-state index in [4.69, 9.17) is 25.8 Å². The quantitative estimate of drug-likeness (QED) is 0.177. The van der Waals surface area contributed by atoms with Gasteiger partial charge in [0.25, 0.3) is 0 Å². The van der Waals surface area contributed by atoms with Crippen LogP contribution in [0.3, 0.4) is 0 Å². The maximum Gasteiger partial charge on any atom is 0.331 e. The van der Waals surface area contributed by atoms with Crippen LogP contribution in [-0.4, -0.2) is 67.2 Å². The van der Waals surface area contributed by atoms with Gasteiger partial charge in [0.15, 0.2) is 5.60 Å². The zero-order valence-corrected chi connectivity index (χ0v) is 21.9. The molecule has 0 bridgehead atoms. The van der Waals surface area contributed by atoms with Gasteiger partial charge in [0.05, 0.1) is 12.0 Å². The van der Waals surface area contributed by atoms with E-state index in [-0.39, 0.29) is 12.0 Å². The van der Waals surface area contributed by atoms with Crippen LogP contribution in [0.1, 0.15) is 52.0 Å². The van der Waals surface area contributed by atoms with Gasteiger partial charge in [-0.2, -0.15) is 0 Å². The summed E-state index contributed by atoms with van der Waals surface area (Å²) in [6, 6.07) is 7.83. The summed E-state index contributed by atoms with van der Waals surface area (Å²) in [5.74, 6) is -0.661. The molecule has 34 heavy (non-hydrogen) atoms. The third-order valence-electron chi connectivity index (χ3n) is 7.21. The molecule has 2 aliphatic rings. The molecule has 2 fully saturated rings. The van der Waals surface area contributed by atoms with E-state index in [1.165, 1.54) is 11.6 Å². The Kier molecular flexibility index (Phi) is 8.18. The third-order valence-corrected chi connectivity index (χ3v) is 7.65. The first-order valence-electron chi connectivity index (χ1n) is 11.8. The number of allylic oxidation sites excluding steroid dienone is 1. The maximum absolute atomic E-state index is 13.2. The molecule has 0 aromatic heterocycles. The Morgan fingerprint density at radius 1 is 1.29 bits per heavy atom. The first-order chi connectivity index (χ1) is 16.0. The summed E-state index contributed by atoms with van der Waals surface area (Å²) in [6.07, 6.45) is 6.81. The summed E-state index contributed by atoms with van der Waals surface area (Å²) in [5, 5.41) is 11.8. The highest BCUT2D eigenvalue weighted by Gasteiger charge is 2.78. The number of carbonyl (C=O) groups is 1. The van der Waals surface area contributed by atoms with Crippen molar-refractivity contribution in [3.63, 3.8) is 0 Å². The van der Waals surface area contributed by atoms with Crippen molar-refractivity contribution in [2.75, 3.05) is 32.0 Å². The molecule has 1 aromatic carbocycles. The third kappa shape index (κ3) is 4.92. The number of methoxy groups -OCH3 is 1. The first-order valence-corrected chi connectivity index (χ1v) is 12.4. The van der Waals surface area contributed by atoms with Crippen molar-refractivity contribution in [3.05, 3.63) is 47.6 Å². The minimum Gasteiger partial charge on any atom is -0.447 e. The summed E-state index contributed by atoms with van der Waals surface area (Å²) in [4.78, 5) is 15.2. The molecule has 6 nitrogen and oxygen atoms in total. The number of halogens is 1. The molecule has 3 rings (SSSR count). The largest absolute Gasteiger partial charge is 0.447 e. The minimum absolute atomic E-state index is 0.0931. The number of benzene rings is 1. The molecule has 1 aliphatic heterocycles. The number of ether oxygens (including phenoxy) is 3. The fraction of sp³-hybridized carbons (Fsp3) is 0.593. The van der Waals surface area contributed by atoms with Crippen molar-refractivity contribution >= 4 is 29.3 Å². The summed E-state index contributed by atoms with van der Waals surface area (Å²) in [5.41, 5.74) is -0.750. The van der Waals surface area contributed by atoms with Crippen LogP contribution in [-0.2, 0) is 19.0 Å². The highest BCUT2D eigenvalue weighted by Crippen LogP contribution is 2.59. The van der Waals surface area contributed by atoms with Crippen LogP contribution in [0.5, 0.6) is 0 Å². The Labute approximate surface area is 208 Å². The van der Waals surface area contributed by atoms with Crippen molar-refractivity contribution in [1.82, 2.24) is 0 Å². The fourth-order valence-corrected chi connectivity index (χ4v) is 5.54. The highest BCUT2D eigenvalue weighted by atomic mass is 35.5. The zero-order chi connectivity index (χ0) is 25.1. The second-order valence-corrected chi connectivity index (χ2v) is 10.3. The van der Waals surface area contributed by atoms with E-state index in [1.54, 1.807) is 13.2 Å². The molecule has 1 heterocycles. The molecule has 7 heteroatoms. The van der Waals surface area contributed by atoms with Crippen molar-refractivity contribution in [1.29, 1.82) is 0 Å². The van der Waals surface area contributed by atoms with Crippen molar-refractivity contribution in [2.45, 2.75) is 75.5 Å². The second-order valence-electron chi connectivity index (χ2n) is 9.99. The van der Waals surface area contributed by atoms with Gasteiger partial charge < -0.3 is 24.2 Å². The molecule has 0 spiro atoms. The summed E-state index contributed by atoms with van der Waals surface area (Å²) < 4.78 is 18.2. The average Bonchev–Trinajstić information content (AvgIpc) is 3.49. The number of nitrogens with zero attached hydrogens (tertiary/aromatic N) is 1. The van der Waals surface area contributed by atoms with Gasteiger partial charge in [-0.3, -0.25) is 0 Å². The molecule has 1 aromatic rings. The molecular weight excluding hydrogens is 454 g/mol. The zero-order valence-electron chi connectivity index (χ0n) is 21.1. The van der Waals surface area contributed by atoms with E-state index < -0.39 is 28.9 Å². The molecule has 188 valence electrons. The van der Waals surface area contributed by atoms with Gasteiger partial charge in [0, 0.05) is 33.0 Å².